The predicted molar refractivity (Wildman–Crippen MR) is 107 cm³/mol. The molecular weight excluding hydrogens is 384 g/mol. The van der Waals surface area contributed by atoms with E-state index >= 15 is 0 Å². The van der Waals surface area contributed by atoms with Crippen LogP contribution in [0.5, 0.6) is 17.2 Å². The Hall–Kier alpha value is -3.64. The van der Waals surface area contributed by atoms with Crippen molar-refractivity contribution in [3.05, 3.63) is 87.5 Å². The van der Waals surface area contributed by atoms with Crippen molar-refractivity contribution < 1.29 is 29.6 Å². The van der Waals surface area contributed by atoms with E-state index in [4.69, 9.17) is 4.74 Å². The zero-order valence-electron chi connectivity index (χ0n) is 16.0. The Morgan fingerprint density at radius 1 is 0.867 bits per heavy atom. The molecular formula is C24H18O6. The molecule has 0 bridgehead atoms. The fourth-order valence-corrected chi connectivity index (χ4v) is 4.66. The second-order valence-electron chi connectivity index (χ2n) is 7.56. The van der Waals surface area contributed by atoms with Crippen molar-refractivity contribution in [2.24, 2.45) is 0 Å². The largest absolute Gasteiger partial charge is 0.507 e. The maximum absolute atomic E-state index is 13.1. The molecule has 0 amide bonds. The van der Waals surface area contributed by atoms with Crippen LogP contribution >= 0.6 is 0 Å². The maximum Gasteiger partial charge on any atom is 0.198 e. The van der Waals surface area contributed by atoms with Crippen LogP contribution in [0, 0.1) is 0 Å². The highest BCUT2D eigenvalue weighted by atomic mass is 16.5. The van der Waals surface area contributed by atoms with E-state index in [1.54, 1.807) is 30.3 Å². The molecule has 0 radical (unpaired) electrons. The predicted octanol–water partition coefficient (Wildman–Crippen LogP) is 3.45. The van der Waals surface area contributed by atoms with Crippen molar-refractivity contribution in [1.29, 1.82) is 0 Å². The number of phenols is 2. The van der Waals surface area contributed by atoms with Gasteiger partial charge in [-0.3, -0.25) is 9.59 Å². The molecule has 2 atom stereocenters. The molecule has 3 aromatic rings. The van der Waals surface area contributed by atoms with Gasteiger partial charge in [0.2, 0.25) is 0 Å². The third kappa shape index (κ3) is 2.34. The van der Waals surface area contributed by atoms with Crippen LogP contribution in [0.2, 0.25) is 0 Å². The van der Waals surface area contributed by atoms with Crippen LogP contribution in [-0.2, 0) is 0 Å². The van der Waals surface area contributed by atoms with E-state index in [0.717, 1.165) is 5.56 Å². The van der Waals surface area contributed by atoms with E-state index in [-0.39, 0.29) is 45.6 Å². The Morgan fingerprint density at radius 2 is 1.47 bits per heavy atom. The van der Waals surface area contributed by atoms with E-state index in [9.17, 15) is 24.9 Å². The quantitative estimate of drug-likeness (QED) is 0.444. The summed E-state index contributed by atoms with van der Waals surface area (Å²) in [5.41, 5.74) is 1.02. The molecule has 0 aliphatic heterocycles. The molecule has 0 heterocycles. The summed E-state index contributed by atoms with van der Waals surface area (Å²) in [4.78, 5) is 26.2. The highest BCUT2D eigenvalue weighted by Gasteiger charge is 2.44. The normalized spacial score (nSPS) is 19.3. The topological polar surface area (TPSA) is 104 Å². The Kier molecular flexibility index (Phi) is 3.95. The molecule has 3 N–H and O–H groups in total. The van der Waals surface area contributed by atoms with E-state index in [0.29, 0.717) is 5.75 Å². The van der Waals surface area contributed by atoms with Gasteiger partial charge in [-0.2, -0.15) is 0 Å². The zero-order valence-corrected chi connectivity index (χ0v) is 16.0. The fourth-order valence-electron chi connectivity index (χ4n) is 4.66. The number of fused-ring (bicyclic) bond motifs is 3. The summed E-state index contributed by atoms with van der Waals surface area (Å²) in [5, 5.41) is 32.8. The summed E-state index contributed by atoms with van der Waals surface area (Å²) in [6, 6.07) is 13.5. The first kappa shape index (κ1) is 18.4. The van der Waals surface area contributed by atoms with Gasteiger partial charge in [-0.25, -0.2) is 0 Å². The molecule has 30 heavy (non-hydrogen) atoms. The lowest BCUT2D eigenvalue weighted by atomic mass is 9.79. The number of hydrogen-bond donors (Lipinski definition) is 3. The van der Waals surface area contributed by atoms with E-state index in [1.807, 2.05) is 6.07 Å². The minimum Gasteiger partial charge on any atom is -0.507 e. The standard InChI is InChI=1S/C24H18O6/c1-30-12-6-4-5-11(9-12)15-10-16(25)18-17(15)23(28)19-20(24(18)29)22(27)14-8-3-2-7-13(14)21(19)26/h2-9,15-16,25,28-29H,10H2,1H3. The summed E-state index contributed by atoms with van der Waals surface area (Å²) >= 11 is 0. The second kappa shape index (κ2) is 6.43. The maximum atomic E-state index is 13.1. The Bertz CT molecular complexity index is 1240. The minimum atomic E-state index is -1.09. The van der Waals surface area contributed by atoms with Crippen LogP contribution in [0.15, 0.2) is 48.5 Å². The Morgan fingerprint density at radius 3 is 2.07 bits per heavy atom. The summed E-state index contributed by atoms with van der Waals surface area (Å²) in [6.45, 7) is 0. The van der Waals surface area contributed by atoms with Crippen LogP contribution in [-0.4, -0.2) is 34.0 Å². The SMILES string of the molecule is COc1cccc(C2CC(O)c3c(O)c4c(c(O)c32)C(=O)c2ccccc2C4=O)c1. The molecule has 2 aliphatic rings. The van der Waals surface area contributed by atoms with Gasteiger partial charge in [0.05, 0.1) is 24.3 Å². The van der Waals surface area contributed by atoms with Crippen LogP contribution < -0.4 is 4.74 Å². The average Bonchev–Trinajstić information content (AvgIpc) is 3.12. The first-order valence-electron chi connectivity index (χ1n) is 9.56. The first-order chi connectivity index (χ1) is 14.4. The van der Waals surface area contributed by atoms with Gasteiger partial charge in [0.1, 0.15) is 17.2 Å². The van der Waals surface area contributed by atoms with E-state index < -0.39 is 29.3 Å². The van der Waals surface area contributed by atoms with Gasteiger partial charge in [0, 0.05) is 28.2 Å². The number of benzene rings is 3. The number of aliphatic hydroxyl groups is 1. The van der Waals surface area contributed by atoms with E-state index in [2.05, 4.69) is 0 Å². The first-order valence-corrected chi connectivity index (χ1v) is 9.56. The summed E-state index contributed by atoms with van der Waals surface area (Å²) in [5.74, 6) is -1.74. The highest BCUT2D eigenvalue weighted by Crippen LogP contribution is 2.55. The molecule has 0 saturated carbocycles. The molecule has 0 aromatic heterocycles. The smallest absolute Gasteiger partial charge is 0.198 e. The van der Waals surface area contributed by atoms with Gasteiger partial charge in [0.15, 0.2) is 11.6 Å². The number of carbonyl (C=O) groups excluding carboxylic acids is 2. The highest BCUT2D eigenvalue weighted by molar-refractivity contribution is 6.30. The number of hydrogen-bond acceptors (Lipinski definition) is 6. The Labute approximate surface area is 172 Å². The average molecular weight is 402 g/mol. The molecule has 5 rings (SSSR count). The van der Waals surface area contributed by atoms with Crippen molar-refractivity contribution in [3.8, 4) is 17.2 Å². The van der Waals surface area contributed by atoms with Crippen molar-refractivity contribution in [2.75, 3.05) is 7.11 Å². The Balaban J connectivity index is 1.78. The number of ether oxygens (including phenoxy) is 1. The van der Waals surface area contributed by atoms with Crippen molar-refractivity contribution >= 4 is 11.6 Å². The molecule has 3 aromatic carbocycles. The number of carbonyl (C=O) groups is 2. The van der Waals surface area contributed by atoms with Gasteiger partial charge in [-0.15, -0.1) is 0 Å². The van der Waals surface area contributed by atoms with Gasteiger partial charge in [-0.1, -0.05) is 36.4 Å². The number of rotatable bonds is 2. The van der Waals surface area contributed by atoms with Gasteiger partial charge >= 0.3 is 0 Å². The van der Waals surface area contributed by atoms with Crippen LogP contribution in [0.1, 0.15) is 67.0 Å². The molecule has 2 unspecified atom stereocenters. The van der Waals surface area contributed by atoms with Gasteiger partial charge in [-0.05, 0) is 24.1 Å². The molecule has 0 spiro atoms. The van der Waals surface area contributed by atoms with Crippen molar-refractivity contribution in [1.82, 2.24) is 0 Å². The van der Waals surface area contributed by atoms with Crippen LogP contribution in [0.4, 0.5) is 0 Å². The lowest BCUT2D eigenvalue weighted by Crippen LogP contribution is -2.22. The van der Waals surface area contributed by atoms with Crippen molar-refractivity contribution in [3.63, 3.8) is 0 Å². The third-order valence-corrected chi connectivity index (χ3v) is 6.03. The van der Waals surface area contributed by atoms with Gasteiger partial charge < -0.3 is 20.1 Å². The lowest BCUT2D eigenvalue weighted by molar-refractivity contribution is 0.0973. The number of aliphatic hydroxyl groups excluding tert-OH is 1. The van der Waals surface area contributed by atoms with Gasteiger partial charge in [0.25, 0.3) is 0 Å². The second-order valence-corrected chi connectivity index (χ2v) is 7.56. The monoisotopic (exact) mass is 402 g/mol. The molecule has 0 saturated heterocycles. The minimum absolute atomic E-state index is 0.0969. The number of ketones is 2. The van der Waals surface area contributed by atoms with E-state index in [1.165, 1.54) is 19.2 Å². The summed E-state index contributed by atoms with van der Waals surface area (Å²) < 4.78 is 5.27. The van der Waals surface area contributed by atoms with Crippen LogP contribution in [0.25, 0.3) is 0 Å². The molecule has 2 aliphatic carbocycles. The molecule has 150 valence electrons. The number of methoxy groups -OCH3 is 1. The molecule has 0 fully saturated rings. The van der Waals surface area contributed by atoms with Crippen molar-refractivity contribution in [2.45, 2.75) is 18.4 Å². The molecule has 6 nitrogen and oxygen atoms in total. The lowest BCUT2D eigenvalue weighted by Gasteiger charge is -2.23. The summed E-state index contributed by atoms with van der Waals surface area (Å²) in [7, 11) is 1.54. The fraction of sp³-hybridized carbons (Fsp3) is 0.167. The molecule has 6 heteroatoms. The summed E-state index contributed by atoms with van der Waals surface area (Å²) in [6.07, 6.45) is -0.894. The van der Waals surface area contributed by atoms with Crippen LogP contribution in [0.3, 0.4) is 0 Å². The number of phenolic OH excluding ortho intramolecular Hbond substituents is 2. The third-order valence-electron chi connectivity index (χ3n) is 6.03. The zero-order chi connectivity index (χ0) is 21.2. The number of aromatic hydroxyl groups is 2.